The normalized spacial score (nSPS) is 19.4. The Balaban J connectivity index is 1.35. The lowest BCUT2D eigenvalue weighted by Gasteiger charge is -2.39. The molecule has 1 aromatic heterocycles. The first-order valence-electron chi connectivity index (χ1n) is 14.7. The van der Waals surface area contributed by atoms with Gasteiger partial charge in [0.15, 0.2) is 23.8 Å². The maximum absolute atomic E-state index is 13.5. The first-order chi connectivity index (χ1) is 23.0. The van der Waals surface area contributed by atoms with Crippen molar-refractivity contribution in [2.75, 3.05) is 37.6 Å². The first-order valence-corrected chi connectivity index (χ1v) is 14.7. The second-order valence-electron chi connectivity index (χ2n) is 11.1. The lowest BCUT2D eigenvalue weighted by Crippen LogP contribution is -2.53. The molecular formula is C32H31N10O6-. The van der Waals surface area contributed by atoms with Gasteiger partial charge in [0.05, 0.1) is 22.7 Å². The number of hydrazone groups is 2. The van der Waals surface area contributed by atoms with Gasteiger partial charge >= 0.3 is 11.8 Å². The van der Waals surface area contributed by atoms with Gasteiger partial charge in [-0.25, -0.2) is 0 Å². The van der Waals surface area contributed by atoms with Crippen LogP contribution >= 0.6 is 0 Å². The Morgan fingerprint density at radius 2 is 1.60 bits per heavy atom. The smallest absolute Gasteiger partial charge is 0.326 e. The summed E-state index contributed by atoms with van der Waals surface area (Å²) in [5, 5.41) is 38.8. The van der Waals surface area contributed by atoms with E-state index in [1.165, 1.54) is 11.8 Å². The van der Waals surface area contributed by atoms with Crippen LogP contribution in [0.4, 0.5) is 11.4 Å². The van der Waals surface area contributed by atoms with E-state index in [0.29, 0.717) is 35.6 Å². The molecular weight excluding hydrogens is 620 g/mol. The molecule has 3 heterocycles. The van der Waals surface area contributed by atoms with Gasteiger partial charge in [-0.2, -0.15) is 19.8 Å². The van der Waals surface area contributed by atoms with Crippen molar-refractivity contribution in [3.05, 3.63) is 94.8 Å². The van der Waals surface area contributed by atoms with E-state index in [2.05, 4.69) is 25.8 Å². The number of allylic oxidation sites excluding steroid dienone is 3. The van der Waals surface area contributed by atoms with Gasteiger partial charge < -0.3 is 20.5 Å². The molecule has 0 spiro atoms. The van der Waals surface area contributed by atoms with E-state index in [1.54, 1.807) is 60.3 Å². The van der Waals surface area contributed by atoms with E-state index in [4.69, 9.17) is 0 Å². The fourth-order valence-corrected chi connectivity index (χ4v) is 4.90. The molecule has 0 saturated heterocycles. The number of hydrogen-bond donors (Lipinski definition) is 1. The van der Waals surface area contributed by atoms with Gasteiger partial charge in [0.1, 0.15) is 5.71 Å². The maximum Gasteiger partial charge on any atom is 0.326 e. The van der Waals surface area contributed by atoms with Gasteiger partial charge in [-0.3, -0.25) is 29.5 Å². The minimum absolute atomic E-state index is 0.0828. The van der Waals surface area contributed by atoms with Crippen LogP contribution in [0.15, 0.2) is 105 Å². The minimum Gasteiger partial charge on any atom is -0.769 e. The number of hydrogen-bond acceptors (Lipinski definition) is 13. The second-order valence-corrected chi connectivity index (χ2v) is 11.1. The van der Waals surface area contributed by atoms with Crippen LogP contribution in [0.2, 0.25) is 0 Å². The fraction of sp³-hybridized carbons (Fsp3) is 0.219. The predicted octanol–water partition coefficient (Wildman–Crippen LogP) is 1.83. The third-order valence-corrected chi connectivity index (χ3v) is 7.37. The summed E-state index contributed by atoms with van der Waals surface area (Å²) in [4.78, 5) is 55.4. The molecule has 3 aliphatic rings. The number of benzene rings is 1. The molecule has 0 bridgehead atoms. The van der Waals surface area contributed by atoms with Crippen molar-refractivity contribution in [2.45, 2.75) is 20.3 Å². The number of ketones is 1. The zero-order valence-corrected chi connectivity index (χ0v) is 26.5. The monoisotopic (exact) mass is 651 g/mol. The Bertz CT molecular complexity index is 1870. The number of carbonyl (C=O) groups is 4. The average Bonchev–Trinajstić information content (AvgIpc) is 3.35. The summed E-state index contributed by atoms with van der Waals surface area (Å²) >= 11 is 0. The van der Waals surface area contributed by atoms with Crippen molar-refractivity contribution in [3.8, 4) is 0 Å². The fourth-order valence-electron chi connectivity index (χ4n) is 4.90. The molecule has 2 aliphatic heterocycles. The number of nitrogens with zero attached hydrogens (tertiary/aromatic N) is 9. The standard InChI is InChI=1S/C32H31N10O6/c1-20-27(30(44)40(18-8-15-38(3)4)32(46)29(20)39-16-6-5-7-17-39)35-33-22-9-11-23(12-10-22)41-31(45)28(21(2)37-41)36-34-25-19-24(42(47)48)13-14-26(25)43/h5-7,9-14,16-17,19,33H,8,15,18H2,1-4H3/q-1/b34-25+,35-27-,36-28-. The van der Waals surface area contributed by atoms with E-state index < -0.39 is 28.7 Å². The van der Waals surface area contributed by atoms with Crippen LogP contribution in [0.25, 0.3) is 5.70 Å². The number of amides is 3. The number of hydroxylamine groups is 2. The highest BCUT2D eigenvalue weighted by Crippen LogP contribution is 2.24. The van der Waals surface area contributed by atoms with Gasteiger partial charge in [-0.15, -0.1) is 10.2 Å². The number of imide groups is 1. The number of rotatable bonds is 10. The Morgan fingerprint density at radius 1 is 0.896 bits per heavy atom. The van der Waals surface area contributed by atoms with Crippen molar-refractivity contribution in [3.63, 3.8) is 0 Å². The number of pyridine rings is 1. The van der Waals surface area contributed by atoms with E-state index >= 15 is 0 Å². The Hall–Kier alpha value is -5.97. The number of carbonyl (C=O) groups excluding carboxylic acids is 4. The summed E-state index contributed by atoms with van der Waals surface area (Å²) in [5.41, 5.74) is 4.03. The molecule has 1 N–H and O–H groups in total. The van der Waals surface area contributed by atoms with Crippen LogP contribution in [-0.4, -0.2) is 88.6 Å². The van der Waals surface area contributed by atoms with E-state index in [1.807, 2.05) is 25.1 Å². The zero-order chi connectivity index (χ0) is 34.5. The van der Waals surface area contributed by atoms with E-state index in [9.17, 15) is 29.6 Å². The third kappa shape index (κ3) is 7.05. The van der Waals surface area contributed by atoms with Crippen LogP contribution in [0.3, 0.4) is 0 Å². The summed E-state index contributed by atoms with van der Waals surface area (Å²) in [6.07, 6.45) is 7.10. The van der Waals surface area contributed by atoms with Crippen molar-refractivity contribution in [1.29, 1.82) is 0 Å². The van der Waals surface area contributed by atoms with Crippen molar-refractivity contribution >= 4 is 63.4 Å². The maximum atomic E-state index is 13.5. The molecule has 0 unspecified atom stereocenters. The number of aromatic nitrogens is 1. The predicted molar refractivity (Wildman–Crippen MR) is 179 cm³/mol. The second kappa shape index (κ2) is 14.2. The molecule has 2 aromatic rings. The van der Waals surface area contributed by atoms with Gasteiger partial charge in [0.2, 0.25) is 5.78 Å². The summed E-state index contributed by atoms with van der Waals surface area (Å²) in [6.45, 7) is 4.12. The Labute approximate surface area is 275 Å². The van der Waals surface area contributed by atoms with Crippen LogP contribution in [0.1, 0.15) is 20.3 Å². The molecule has 0 radical (unpaired) electrons. The molecule has 16 nitrogen and oxygen atoms in total. The molecule has 0 fully saturated rings. The largest absolute Gasteiger partial charge is 0.769 e. The van der Waals surface area contributed by atoms with Crippen molar-refractivity contribution in [2.24, 2.45) is 20.4 Å². The lowest BCUT2D eigenvalue weighted by molar-refractivity contribution is -0.578. The first kappa shape index (κ1) is 33.4. The average molecular weight is 652 g/mol. The van der Waals surface area contributed by atoms with Gasteiger partial charge in [0, 0.05) is 24.4 Å². The molecule has 1 aliphatic carbocycles. The number of nitrogens with one attached hydrogen (secondary N) is 1. The van der Waals surface area contributed by atoms with Gasteiger partial charge in [-0.05, 0) is 83.4 Å². The Morgan fingerprint density at radius 3 is 2.27 bits per heavy atom. The van der Waals surface area contributed by atoms with E-state index in [0.717, 1.165) is 23.2 Å². The van der Waals surface area contributed by atoms with Crippen LogP contribution in [-0.2, 0) is 19.2 Å². The summed E-state index contributed by atoms with van der Waals surface area (Å²) in [7, 11) is 3.83. The highest BCUT2D eigenvalue weighted by atomic mass is 16.8. The number of anilines is 2. The molecule has 5 rings (SSSR count). The van der Waals surface area contributed by atoms with Crippen LogP contribution in [0.5, 0.6) is 0 Å². The molecule has 16 heteroatoms. The van der Waals surface area contributed by atoms with Crippen molar-refractivity contribution < 1.29 is 23.7 Å². The summed E-state index contributed by atoms with van der Waals surface area (Å²) in [5.74, 6) is -2.13. The zero-order valence-electron chi connectivity index (χ0n) is 26.5. The van der Waals surface area contributed by atoms with Crippen LogP contribution in [0, 0.1) is 10.4 Å². The highest BCUT2D eigenvalue weighted by molar-refractivity contribution is 6.71. The molecule has 0 atom stereocenters. The lowest BCUT2D eigenvalue weighted by atomic mass is 10.0. The van der Waals surface area contributed by atoms with Crippen molar-refractivity contribution in [1.82, 2.24) is 15.0 Å². The topological polar surface area (TPSA) is 193 Å². The van der Waals surface area contributed by atoms with Gasteiger partial charge in [0.25, 0.3) is 11.6 Å². The molecule has 0 saturated carbocycles. The highest BCUT2D eigenvalue weighted by Gasteiger charge is 2.42. The van der Waals surface area contributed by atoms with Crippen LogP contribution < -0.4 is 15.0 Å². The SMILES string of the molecule is CC1=NN(c2ccc(N/N=C3\C(=O)N(CCCN(C)C)C(=O)C([n+]4ccccc4)=C3C)cc2)C(=O)/C1=N\N=C1/C=C(N([O-])[O-])C=CC1=O. The molecule has 1 aromatic carbocycles. The van der Waals surface area contributed by atoms with E-state index in [-0.39, 0.29) is 35.1 Å². The third-order valence-electron chi connectivity index (χ3n) is 7.37. The summed E-state index contributed by atoms with van der Waals surface area (Å²) < 4.78 is 1.66. The summed E-state index contributed by atoms with van der Waals surface area (Å²) in [6, 6.07) is 11.9. The quantitative estimate of drug-likeness (QED) is 0.173. The minimum atomic E-state index is -0.666. The van der Waals surface area contributed by atoms with Gasteiger partial charge in [-0.1, -0.05) is 6.07 Å². The molecule has 246 valence electrons. The molecule has 3 amide bonds. The Kier molecular flexibility index (Phi) is 9.88. The molecule has 48 heavy (non-hydrogen) atoms.